The number of nitrogens with one attached hydrogen (secondary N) is 1. The summed E-state index contributed by atoms with van der Waals surface area (Å²) in [5.74, 6) is -3.74. The SMILES string of the molecule is NC(=O)c1ccsc1NC(=O)COC(=O)c1cc(S(=O)(=O)N2CCOCC2)ccc1F. The topological polar surface area (TPSA) is 145 Å². The minimum absolute atomic E-state index is 0.0942. The molecule has 0 saturated carbocycles. The summed E-state index contributed by atoms with van der Waals surface area (Å²) in [7, 11) is -3.96. The number of morpholine rings is 1. The molecule has 0 bridgehead atoms. The third-order valence-corrected chi connectivity index (χ3v) is 7.01. The van der Waals surface area contributed by atoms with Crippen LogP contribution in [0.5, 0.6) is 0 Å². The first-order valence-corrected chi connectivity index (χ1v) is 11.2. The van der Waals surface area contributed by atoms with E-state index in [1.165, 1.54) is 15.8 Å². The molecule has 0 aliphatic carbocycles. The first-order chi connectivity index (χ1) is 14.7. The van der Waals surface area contributed by atoms with Gasteiger partial charge >= 0.3 is 5.97 Å². The molecule has 31 heavy (non-hydrogen) atoms. The van der Waals surface area contributed by atoms with Gasteiger partial charge in [0.25, 0.3) is 11.8 Å². The van der Waals surface area contributed by atoms with Gasteiger partial charge in [-0.05, 0) is 29.6 Å². The Labute approximate surface area is 180 Å². The Morgan fingerprint density at radius 2 is 1.90 bits per heavy atom. The molecule has 1 aliphatic rings. The van der Waals surface area contributed by atoms with Gasteiger partial charge in [-0.2, -0.15) is 4.31 Å². The number of thiophene rings is 1. The van der Waals surface area contributed by atoms with E-state index in [0.29, 0.717) is 0 Å². The molecule has 0 spiro atoms. The van der Waals surface area contributed by atoms with Crippen molar-refractivity contribution in [3.63, 3.8) is 0 Å². The van der Waals surface area contributed by atoms with Gasteiger partial charge < -0.3 is 20.5 Å². The standard InChI is InChI=1S/C18H18FN3O7S2/c19-14-2-1-11(31(26,27)22-4-6-28-7-5-22)9-13(14)18(25)29-10-15(23)21-17-12(16(20)24)3-8-30-17/h1-3,8-9H,4-7,10H2,(H2,20,24)(H,21,23). The number of anilines is 1. The Morgan fingerprint density at radius 1 is 1.19 bits per heavy atom. The molecule has 2 aromatic rings. The van der Waals surface area contributed by atoms with Crippen molar-refractivity contribution in [2.45, 2.75) is 4.90 Å². The first kappa shape index (κ1) is 22.8. The van der Waals surface area contributed by atoms with E-state index in [1.54, 1.807) is 0 Å². The van der Waals surface area contributed by atoms with Crippen LogP contribution in [0.25, 0.3) is 0 Å². The minimum Gasteiger partial charge on any atom is -0.452 e. The summed E-state index contributed by atoms with van der Waals surface area (Å²) in [4.78, 5) is 35.2. The summed E-state index contributed by atoms with van der Waals surface area (Å²) >= 11 is 1.04. The summed E-state index contributed by atoms with van der Waals surface area (Å²) in [5, 5.41) is 4.08. The Balaban J connectivity index is 1.68. The second-order valence-corrected chi connectivity index (χ2v) is 9.16. The number of carbonyl (C=O) groups excluding carboxylic acids is 3. The van der Waals surface area contributed by atoms with Crippen molar-refractivity contribution in [2.24, 2.45) is 5.73 Å². The monoisotopic (exact) mass is 471 g/mol. The molecule has 1 saturated heterocycles. The number of esters is 1. The summed E-state index contributed by atoms with van der Waals surface area (Å²) < 4.78 is 50.6. The van der Waals surface area contributed by atoms with Gasteiger partial charge in [0.05, 0.1) is 29.2 Å². The minimum atomic E-state index is -3.96. The average molecular weight is 471 g/mol. The highest BCUT2D eigenvalue weighted by molar-refractivity contribution is 7.89. The number of nitrogens with two attached hydrogens (primary N) is 1. The van der Waals surface area contributed by atoms with Crippen LogP contribution in [0.1, 0.15) is 20.7 Å². The number of halogens is 1. The van der Waals surface area contributed by atoms with Crippen LogP contribution in [0.3, 0.4) is 0 Å². The Hall–Kier alpha value is -2.87. The Bertz CT molecular complexity index is 1110. The van der Waals surface area contributed by atoms with Gasteiger partial charge in [0, 0.05) is 13.1 Å². The number of primary amides is 1. The lowest BCUT2D eigenvalue weighted by molar-refractivity contribution is -0.119. The molecule has 3 rings (SSSR count). The van der Waals surface area contributed by atoms with E-state index in [0.717, 1.165) is 29.5 Å². The van der Waals surface area contributed by atoms with Crippen LogP contribution in [0.2, 0.25) is 0 Å². The van der Waals surface area contributed by atoms with Crippen molar-refractivity contribution in [3.05, 3.63) is 46.6 Å². The number of amides is 2. The van der Waals surface area contributed by atoms with Gasteiger partial charge in [0.1, 0.15) is 10.8 Å². The van der Waals surface area contributed by atoms with Gasteiger partial charge in [0.15, 0.2) is 6.61 Å². The van der Waals surface area contributed by atoms with E-state index in [-0.39, 0.29) is 41.8 Å². The summed E-state index contributed by atoms with van der Waals surface area (Å²) in [6.45, 7) is -0.0571. The van der Waals surface area contributed by atoms with Crippen LogP contribution in [0.4, 0.5) is 9.39 Å². The Kier molecular flexibility index (Phi) is 7.00. The molecule has 1 fully saturated rings. The smallest absolute Gasteiger partial charge is 0.341 e. The lowest BCUT2D eigenvalue weighted by atomic mass is 10.2. The normalized spacial score (nSPS) is 14.7. The van der Waals surface area contributed by atoms with Gasteiger partial charge in [-0.3, -0.25) is 9.59 Å². The summed E-state index contributed by atoms with van der Waals surface area (Å²) in [5.41, 5.74) is 4.65. The molecule has 0 atom stereocenters. The molecule has 3 N–H and O–H groups in total. The van der Waals surface area contributed by atoms with Gasteiger partial charge in [-0.25, -0.2) is 17.6 Å². The number of sulfonamides is 1. The largest absolute Gasteiger partial charge is 0.452 e. The first-order valence-electron chi connectivity index (χ1n) is 8.92. The van der Waals surface area contributed by atoms with Crippen molar-refractivity contribution in [1.29, 1.82) is 0 Å². The van der Waals surface area contributed by atoms with Crippen LogP contribution in [-0.2, 0) is 24.3 Å². The molecule has 0 unspecified atom stereocenters. The zero-order chi connectivity index (χ0) is 22.6. The summed E-state index contributed by atoms with van der Waals surface area (Å²) in [6, 6.07) is 4.18. The van der Waals surface area contributed by atoms with Crippen molar-refractivity contribution in [2.75, 3.05) is 38.2 Å². The molecule has 0 radical (unpaired) electrons. The van der Waals surface area contributed by atoms with Crippen LogP contribution in [-0.4, -0.2) is 63.4 Å². The highest BCUT2D eigenvalue weighted by atomic mass is 32.2. The van der Waals surface area contributed by atoms with E-state index >= 15 is 0 Å². The second-order valence-electron chi connectivity index (χ2n) is 6.31. The predicted molar refractivity (Wildman–Crippen MR) is 108 cm³/mol. The molecule has 10 nitrogen and oxygen atoms in total. The van der Waals surface area contributed by atoms with Crippen molar-refractivity contribution >= 4 is 44.1 Å². The maximum absolute atomic E-state index is 14.1. The fourth-order valence-corrected chi connectivity index (χ4v) is 4.97. The molecule has 166 valence electrons. The second kappa shape index (κ2) is 9.51. The highest BCUT2D eigenvalue weighted by Gasteiger charge is 2.28. The van der Waals surface area contributed by atoms with E-state index in [2.05, 4.69) is 5.32 Å². The number of hydrogen-bond acceptors (Lipinski definition) is 8. The third-order valence-electron chi connectivity index (χ3n) is 4.28. The quantitative estimate of drug-likeness (QED) is 0.568. The van der Waals surface area contributed by atoms with Gasteiger partial charge in [-0.15, -0.1) is 11.3 Å². The zero-order valence-electron chi connectivity index (χ0n) is 16.0. The number of nitrogens with zero attached hydrogens (tertiary/aromatic N) is 1. The molecule has 2 amide bonds. The predicted octanol–water partition coefficient (Wildman–Crippen LogP) is 0.802. The fourth-order valence-electron chi connectivity index (χ4n) is 2.73. The number of hydrogen-bond donors (Lipinski definition) is 2. The zero-order valence-corrected chi connectivity index (χ0v) is 17.6. The molecule has 1 aromatic heterocycles. The average Bonchev–Trinajstić information content (AvgIpc) is 3.21. The molecule has 1 aromatic carbocycles. The van der Waals surface area contributed by atoms with Crippen molar-refractivity contribution in [1.82, 2.24) is 4.31 Å². The molecule has 1 aliphatic heterocycles. The van der Waals surface area contributed by atoms with Crippen LogP contribution < -0.4 is 11.1 Å². The van der Waals surface area contributed by atoms with Crippen molar-refractivity contribution in [3.8, 4) is 0 Å². The van der Waals surface area contributed by atoms with E-state index in [9.17, 15) is 27.2 Å². The molecule has 2 heterocycles. The maximum Gasteiger partial charge on any atom is 0.341 e. The van der Waals surface area contributed by atoms with Crippen LogP contribution in [0.15, 0.2) is 34.5 Å². The highest BCUT2D eigenvalue weighted by Crippen LogP contribution is 2.23. The molecular formula is C18H18FN3O7S2. The van der Waals surface area contributed by atoms with E-state index in [1.807, 2.05) is 0 Å². The van der Waals surface area contributed by atoms with E-state index < -0.39 is 45.8 Å². The lowest BCUT2D eigenvalue weighted by Crippen LogP contribution is -2.40. The number of rotatable bonds is 7. The molecule has 13 heteroatoms. The van der Waals surface area contributed by atoms with Crippen molar-refractivity contribution < 1.29 is 36.7 Å². The lowest BCUT2D eigenvalue weighted by Gasteiger charge is -2.26. The Morgan fingerprint density at radius 3 is 2.58 bits per heavy atom. The number of ether oxygens (including phenoxy) is 2. The molecular weight excluding hydrogens is 453 g/mol. The fraction of sp³-hybridized carbons (Fsp3) is 0.278. The summed E-state index contributed by atoms with van der Waals surface area (Å²) in [6.07, 6.45) is 0. The van der Waals surface area contributed by atoms with Crippen LogP contribution in [0, 0.1) is 5.82 Å². The van der Waals surface area contributed by atoms with Gasteiger partial charge in [-0.1, -0.05) is 0 Å². The van der Waals surface area contributed by atoms with Crippen LogP contribution >= 0.6 is 11.3 Å². The van der Waals surface area contributed by atoms with Gasteiger partial charge in [0.2, 0.25) is 10.0 Å². The number of carbonyl (C=O) groups is 3. The third kappa shape index (κ3) is 5.25. The maximum atomic E-state index is 14.1. The number of benzene rings is 1. The van der Waals surface area contributed by atoms with E-state index in [4.69, 9.17) is 15.2 Å².